The van der Waals surface area contributed by atoms with Crippen LogP contribution in [-0.2, 0) is 16.4 Å². The highest BCUT2D eigenvalue weighted by molar-refractivity contribution is 7.92. The van der Waals surface area contributed by atoms with E-state index >= 15 is 0 Å². The normalized spacial score (nSPS) is 11.4. The van der Waals surface area contributed by atoms with E-state index in [-0.39, 0.29) is 11.5 Å². The van der Waals surface area contributed by atoms with Crippen molar-refractivity contribution < 1.29 is 13.5 Å². The lowest BCUT2D eigenvalue weighted by Crippen LogP contribution is -2.26. The van der Waals surface area contributed by atoms with Crippen LogP contribution in [0.2, 0.25) is 0 Å². The van der Waals surface area contributed by atoms with E-state index in [1.54, 1.807) is 37.4 Å². The summed E-state index contributed by atoms with van der Waals surface area (Å²) in [5, 5.41) is 8.89. The van der Waals surface area contributed by atoms with Gasteiger partial charge in [-0.15, -0.1) is 0 Å². The molecule has 1 N–H and O–H groups in total. The molecule has 0 saturated carbocycles. The number of sulfonamides is 1. The number of hydrogen-bond donors (Lipinski definition) is 1. The van der Waals surface area contributed by atoms with Crippen LogP contribution < -0.4 is 4.31 Å². The molecule has 0 aliphatic carbocycles. The van der Waals surface area contributed by atoms with Gasteiger partial charge in [0.25, 0.3) is 10.0 Å². The SMILES string of the molecule is Cc1cccc(N(C)S(=O)(=O)c2ccc(CCO)cc2)c1. The van der Waals surface area contributed by atoms with Gasteiger partial charge in [-0.25, -0.2) is 8.42 Å². The molecule has 0 unspecified atom stereocenters. The van der Waals surface area contributed by atoms with E-state index in [1.807, 2.05) is 25.1 Å². The van der Waals surface area contributed by atoms with Gasteiger partial charge >= 0.3 is 0 Å². The average molecular weight is 305 g/mol. The van der Waals surface area contributed by atoms with E-state index in [4.69, 9.17) is 5.11 Å². The Morgan fingerprint density at radius 2 is 1.76 bits per heavy atom. The molecule has 2 rings (SSSR count). The fourth-order valence-electron chi connectivity index (χ4n) is 2.08. The molecule has 0 fully saturated rings. The maximum atomic E-state index is 12.6. The smallest absolute Gasteiger partial charge is 0.264 e. The maximum Gasteiger partial charge on any atom is 0.264 e. The lowest BCUT2D eigenvalue weighted by atomic mass is 10.2. The molecule has 5 heteroatoms. The van der Waals surface area contributed by atoms with Crippen LogP contribution in [0.15, 0.2) is 53.4 Å². The number of aryl methyl sites for hydroxylation is 1. The Morgan fingerprint density at radius 1 is 1.10 bits per heavy atom. The van der Waals surface area contributed by atoms with Gasteiger partial charge in [-0.1, -0.05) is 24.3 Å². The predicted octanol–water partition coefficient (Wildman–Crippen LogP) is 2.35. The van der Waals surface area contributed by atoms with Crippen LogP contribution in [0, 0.1) is 6.92 Å². The van der Waals surface area contributed by atoms with Crippen molar-refractivity contribution in [2.75, 3.05) is 18.0 Å². The maximum absolute atomic E-state index is 12.6. The lowest BCUT2D eigenvalue weighted by molar-refractivity contribution is 0.299. The Balaban J connectivity index is 2.32. The number of benzene rings is 2. The molecule has 0 amide bonds. The zero-order valence-corrected chi connectivity index (χ0v) is 13.0. The first-order valence-electron chi connectivity index (χ1n) is 6.70. The third kappa shape index (κ3) is 3.43. The largest absolute Gasteiger partial charge is 0.396 e. The molecular formula is C16H19NO3S. The molecule has 0 saturated heterocycles. The number of hydrogen-bond acceptors (Lipinski definition) is 3. The Kier molecular flexibility index (Phi) is 4.65. The molecule has 112 valence electrons. The summed E-state index contributed by atoms with van der Waals surface area (Å²) in [6.07, 6.45) is 0.522. The standard InChI is InChI=1S/C16H19NO3S/c1-13-4-3-5-15(12-13)17(2)21(19,20)16-8-6-14(7-9-16)10-11-18/h3-9,12,18H,10-11H2,1-2H3. The van der Waals surface area contributed by atoms with E-state index in [0.29, 0.717) is 12.1 Å². The van der Waals surface area contributed by atoms with Crippen LogP contribution in [0.25, 0.3) is 0 Å². The Morgan fingerprint density at radius 3 is 2.33 bits per heavy atom. The van der Waals surface area contributed by atoms with Crippen LogP contribution in [0.1, 0.15) is 11.1 Å². The van der Waals surface area contributed by atoms with E-state index in [1.165, 1.54) is 4.31 Å². The first-order chi connectivity index (χ1) is 9.95. The van der Waals surface area contributed by atoms with Crippen molar-refractivity contribution >= 4 is 15.7 Å². The molecule has 0 heterocycles. The molecule has 0 atom stereocenters. The van der Waals surface area contributed by atoms with Gasteiger partial charge in [-0.3, -0.25) is 4.31 Å². The van der Waals surface area contributed by atoms with Gasteiger partial charge < -0.3 is 5.11 Å². The molecule has 21 heavy (non-hydrogen) atoms. The Bertz CT molecular complexity index is 709. The second kappa shape index (κ2) is 6.28. The molecule has 0 aliphatic heterocycles. The number of nitrogens with zero attached hydrogens (tertiary/aromatic N) is 1. The fraction of sp³-hybridized carbons (Fsp3) is 0.250. The third-order valence-corrected chi connectivity index (χ3v) is 5.15. The molecule has 0 aliphatic rings. The van der Waals surface area contributed by atoms with E-state index in [2.05, 4.69) is 0 Å². The quantitative estimate of drug-likeness (QED) is 0.922. The van der Waals surface area contributed by atoms with E-state index < -0.39 is 10.0 Å². The van der Waals surface area contributed by atoms with Crippen LogP contribution >= 0.6 is 0 Å². The van der Waals surface area contributed by atoms with Crippen molar-refractivity contribution in [3.63, 3.8) is 0 Å². The van der Waals surface area contributed by atoms with Crippen LogP contribution in [0.5, 0.6) is 0 Å². The summed E-state index contributed by atoms with van der Waals surface area (Å²) in [7, 11) is -2.02. The summed E-state index contributed by atoms with van der Waals surface area (Å²) in [5.74, 6) is 0. The molecule has 0 spiro atoms. The highest BCUT2D eigenvalue weighted by Gasteiger charge is 2.21. The average Bonchev–Trinajstić information content (AvgIpc) is 2.47. The van der Waals surface area contributed by atoms with Crippen LogP contribution in [-0.4, -0.2) is 27.2 Å². The zero-order valence-electron chi connectivity index (χ0n) is 12.2. The van der Waals surface area contributed by atoms with Crippen LogP contribution in [0.3, 0.4) is 0 Å². The van der Waals surface area contributed by atoms with Gasteiger partial charge in [-0.05, 0) is 48.7 Å². The monoisotopic (exact) mass is 305 g/mol. The summed E-state index contributed by atoms with van der Waals surface area (Å²) in [6, 6.07) is 14.0. The fourth-order valence-corrected chi connectivity index (χ4v) is 3.27. The number of rotatable bonds is 5. The first-order valence-corrected chi connectivity index (χ1v) is 8.14. The summed E-state index contributed by atoms with van der Waals surface area (Å²) in [4.78, 5) is 0.244. The number of aliphatic hydroxyl groups is 1. The minimum Gasteiger partial charge on any atom is -0.396 e. The molecule has 0 bridgehead atoms. The second-order valence-corrected chi connectivity index (χ2v) is 6.90. The summed E-state index contributed by atoms with van der Waals surface area (Å²) in [6.45, 7) is 1.98. The molecule has 2 aromatic rings. The molecular weight excluding hydrogens is 286 g/mol. The molecule has 2 aromatic carbocycles. The zero-order chi connectivity index (χ0) is 15.5. The highest BCUT2D eigenvalue weighted by Crippen LogP contribution is 2.23. The molecule has 0 radical (unpaired) electrons. The third-order valence-electron chi connectivity index (χ3n) is 3.35. The Labute approximate surface area is 125 Å². The van der Waals surface area contributed by atoms with Gasteiger partial charge in [0.1, 0.15) is 0 Å². The minimum absolute atomic E-state index is 0.0509. The minimum atomic E-state index is -3.57. The first kappa shape index (κ1) is 15.5. The summed E-state index contributed by atoms with van der Waals surface area (Å²) in [5.41, 5.74) is 2.55. The lowest BCUT2D eigenvalue weighted by Gasteiger charge is -2.20. The highest BCUT2D eigenvalue weighted by atomic mass is 32.2. The van der Waals surface area contributed by atoms with Crippen molar-refractivity contribution in [2.45, 2.75) is 18.2 Å². The molecule has 0 aromatic heterocycles. The summed E-state index contributed by atoms with van der Waals surface area (Å²) >= 11 is 0. The number of anilines is 1. The van der Waals surface area contributed by atoms with Gasteiger partial charge in [0.15, 0.2) is 0 Å². The van der Waals surface area contributed by atoms with Crippen molar-refractivity contribution in [2.24, 2.45) is 0 Å². The van der Waals surface area contributed by atoms with Gasteiger partial charge in [-0.2, -0.15) is 0 Å². The van der Waals surface area contributed by atoms with Gasteiger partial charge in [0.2, 0.25) is 0 Å². The van der Waals surface area contributed by atoms with E-state index in [0.717, 1.165) is 11.1 Å². The van der Waals surface area contributed by atoms with Crippen molar-refractivity contribution in [1.29, 1.82) is 0 Å². The van der Waals surface area contributed by atoms with Gasteiger partial charge in [0.05, 0.1) is 10.6 Å². The van der Waals surface area contributed by atoms with Crippen molar-refractivity contribution in [1.82, 2.24) is 0 Å². The molecule has 4 nitrogen and oxygen atoms in total. The Hall–Kier alpha value is -1.85. The summed E-state index contributed by atoms with van der Waals surface area (Å²) < 4.78 is 26.5. The second-order valence-electron chi connectivity index (χ2n) is 4.93. The van der Waals surface area contributed by atoms with Crippen molar-refractivity contribution in [3.05, 3.63) is 59.7 Å². The van der Waals surface area contributed by atoms with Crippen molar-refractivity contribution in [3.8, 4) is 0 Å². The number of aliphatic hydroxyl groups excluding tert-OH is 1. The van der Waals surface area contributed by atoms with Gasteiger partial charge in [0, 0.05) is 13.7 Å². The van der Waals surface area contributed by atoms with E-state index in [9.17, 15) is 8.42 Å². The predicted molar refractivity (Wildman–Crippen MR) is 84.0 cm³/mol. The van der Waals surface area contributed by atoms with Crippen LogP contribution in [0.4, 0.5) is 5.69 Å². The topological polar surface area (TPSA) is 57.6 Å².